The summed E-state index contributed by atoms with van der Waals surface area (Å²) in [7, 11) is 5.25. The predicted molar refractivity (Wildman–Crippen MR) is 105 cm³/mol. The van der Waals surface area contributed by atoms with Gasteiger partial charge in [0.15, 0.2) is 0 Å². The molecule has 2 aromatic rings. The molecule has 2 aliphatic heterocycles. The number of benzene rings is 1. The molecule has 28 heavy (non-hydrogen) atoms. The number of nitrogens with zero attached hydrogens (tertiary/aromatic N) is 4. The van der Waals surface area contributed by atoms with Gasteiger partial charge >= 0.3 is 0 Å². The lowest BCUT2D eigenvalue weighted by molar-refractivity contribution is 0.0726. The molecule has 1 fully saturated rings. The van der Waals surface area contributed by atoms with Crippen molar-refractivity contribution in [3.05, 3.63) is 47.0 Å². The molecular weight excluding hydrogens is 356 g/mol. The zero-order valence-corrected chi connectivity index (χ0v) is 16.6. The van der Waals surface area contributed by atoms with E-state index in [1.54, 1.807) is 26.4 Å². The number of hydrogen-bond donors (Lipinski definition) is 0. The molecule has 2 aliphatic rings. The minimum Gasteiger partial charge on any atom is -0.496 e. The van der Waals surface area contributed by atoms with Crippen molar-refractivity contribution in [1.82, 2.24) is 19.8 Å². The number of carbonyl (C=O) groups excluding carboxylic acids is 1. The summed E-state index contributed by atoms with van der Waals surface area (Å²) in [5.74, 6) is 1.85. The van der Waals surface area contributed by atoms with E-state index in [9.17, 15) is 4.79 Å². The summed E-state index contributed by atoms with van der Waals surface area (Å²) in [4.78, 5) is 26.8. The SMILES string of the molecule is COc1cccc(OC)c1C(=O)N1CCc2nc(C3CCCN3C)ncc2C1. The van der Waals surface area contributed by atoms with Gasteiger partial charge in [-0.3, -0.25) is 9.69 Å². The van der Waals surface area contributed by atoms with Crippen LogP contribution >= 0.6 is 0 Å². The van der Waals surface area contributed by atoms with Crippen molar-refractivity contribution in [2.45, 2.75) is 31.8 Å². The summed E-state index contributed by atoms with van der Waals surface area (Å²) in [6.07, 6.45) is 4.91. The van der Waals surface area contributed by atoms with Crippen LogP contribution in [0.4, 0.5) is 0 Å². The van der Waals surface area contributed by atoms with E-state index >= 15 is 0 Å². The smallest absolute Gasteiger partial charge is 0.261 e. The van der Waals surface area contributed by atoms with Crippen LogP contribution in [-0.2, 0) is 13.0 Å². The largest absolute Gasteiger partial charge is 0.496 e. The molecule has 7 heteroatoms. The third-order valence-electron chi connectivity index (χ3n) is 5.70. The molecule has 1 aromatic carbocycles. The van der Waals surface area contributed by atoms with E-state index in [0.717, 1.165) is 36.5 Å². The van der Waals surface area contributed by atoms with Gasteiger partial charge in [-0.05, 0) is 38.6 Å². The van der Waals surface area contributed by atoms with Crippen molar-refractivity contribution in [1.29, 1.82) is 0 Å². The highest BCUT2D eigenvalue weighted by Crippen LogP contribution is 2.32. The lowest BCUT2D eigenvalue weighted by atomic mass is 10.0. The molecule has 0 spiro atoms. The van der Waals surface area contributed by atoms with Gasteiger partial charge in [0.05, 0.1) is 26.0 Å². The second-order valence-corrected chi connectivity index (χ2v) is 7.35. The Bertz CT molecular complexity index is 864. The van der Waals surface area contributed by atoms with E-state index in [-0.39, 0.29) is 5.91 Å². The van der Waals surface area contributed by atoms with Crippen molar-refractivity contribution in [3.63, 3.8) is 0 Å². The highest BCUT2D eigenvalue weighted by atomic mass is 16.5. The molecule has 3 heterocycles. The normalized spacial score (nSPS) is 19.4. The maximum absolute atomic E-state index is 13.2. The zero-order chi connectivity index (χ0) is 19.7. The van der Waals surface area contributed by atoms with E-state index in [0.29, 0.717) is 36.2 Å². The van der Waals surface area contributed by atoms with Gasteiger partial charge < -0.3 is 14.4 Å². The average molecular weight is 382 g/mol. The summed E-state index contributed by atoms with van der Waals surface area (Å²) in [6.45, 7) is 2.20. The van der Waals surface area contributed by atoms with Crippen LogP contribution in [0.5, 0.6) is 11.5 Å². The second-order valence-electron chi connectivity index (χ2n) is 7.35. The minimum absolute atomic E-state index is 0.0976. The first kappa shape index (κ1) is 18.7. The van der Waals surface area contributed by atoms with Gasteiger partial charge in [-0.2, -0.15) is 0 Å². The maximum atomic E-state index is 13.2. The second kappa shape index (κ2) is 7.75. The fraction of sp³-hybridized carbons (Fsp3) is 0.476. The van der Waals surface area contributed by atoms with Gasteiger partial charge in [0.25, 0.3) is 5.91 Å². The van der Waals surface area contributed by atoms with Gasteiger partial charge in [-0.1, -0.05) is 6.07 Å². The Balaban J connectivity index is 1.57. The molecule has 7 nitrogen and oxygen atoms in total. The predicted octanol–water partition coefficient (Wildman–Crippen LogP) is 2.46. The summed E-state index contributed by atoms with van der Waals surface area (Å²) in [5, 5.41) is 0. The Morgan fingerprint density at radius 3 is 2.57 bits per heavy atom. The Hall–Kier alpha value is -2.67. The molecule has 0 radical (unpaired) electrons. The van der Waals surface area contributed by atoms with E-state index < -0.39 is 0 Å². The molecule has 0 N–H and O–H groups in total. The number of rotatable bonds is 4. The van der Waals surface area contributed by atoms with E-state index in [4.69, 9.17) is 14.5 Å². The molecule has 1 amide bonds. The van der Waals surface area contributed by atoms with Crippen LogP contribution in [0, 0.1) is 0 Å². The molecule has 1 aromatic heterocycles. The molecule has 148 valence electrons. The van der Waals surface area contributed by atoms with Crippen LogP contribution in [0.1, 0.15) is 46.3 Å². The molecule has 4 rings (SSSR count). The molecule has 0 aliphatic carbocycles. The number of fused-ring (bicyclic) bond motifs is 1. The van der Waals surface area contributed by atoms with Gasteiger partial charge in [0, 0.05) is 31.3 Å². The van der Waals surface area contributed by atoms with Crippen molar-refractivity contribution in [2.75, 3.05) is 34.4 Å². The quantitative estimate of drug-likeness (QED) is 0.809. The van der Waals surface area contributed by atoms with Gasteiger partial charge in [0.2, 0.25) is 0 Å². The lowest BCUT2D eigenvalue weighted by Gasteiger charge is -2.29. The standard InChI is InChI=1S/C21H26N4O3/c1-24-10-5-6-16(24)20-22-12-14-13-25(11-9-15(14)23-20)21(26)19-17(27-2)7-4-8-18(19)28-3/h4,7-8,12,16H,5-6,9-11,13H2,1-3H3. The van der Waals surface area contributed by atoms with Crippen LogP contribution in [0.25, 0.3) is 0 Å². The minimum atomic E-state index is -0.0976. The Morgan fingerprint density at radius 2 is 1.93 bits per heavy atom. The Kier molecular flexibility index (Phi) is 5.17. The first-order valence-electron chi connectivity index (χ1n) is 9.67. The number of amides is 1. The molecule has 1 atom stereocenters. The van der Waals surface area contributed by atoms with Crippen molar-refractivity contribution in [3.8, 4) is 11.5 Å². The molecule has 0 bridgehead atoms. The number of hydrogen-bond acceptors (Lipinski definition) is 6. The number of aromatic nitrogens is 2. The maximum Gasteiger partial charge on any atom is 0.261 e. The first-order valence-corrected chi connectivity index (χ1v) is 9.67. The van der Waals surface area contributed by atoms with Gasteiger partial charge in [-0.15, -0.1) is 0 Å². The summed E-state index contributed by atoms with van der Waals surface area (Å²) in [5.41, 5.74) is 2.53. The average Bonchev–Trinajstić information content (AvgIpc) is 3.17. The first-order chi connectivity index (χ1) is 13.6. The van der Waals surface area contributed by atoms with Gasteiger partial charge in [0.1, 0.15) is 22.9 Å². The summed E-state index contributed by atoms with van der Waals surface area (Å²) >= 11 is 0. The number of methoxy groups -OCH3 is 2. The fourth-order valence-electron chi connectivity index (χ4n) is 4.12. The highest BCUT2D eigenvalue weighted by molar-refractivity contribution is 5.99. The Labute approximate surface area is 165 Å². The number of carbonyl (C=O) groups is 1. The van der Waals surface area contributed by atoms with Crippen LogP contribution in [0.3, 0.4) is 0 Å². The third kappa shape index (κ3) is 3.30. The third-order valence-corrected chi connectivity index (χ3v) is 5.70. The summed E-state index contributed by atoms with van der Waals surface area (Å²) < 4.78 is 10.8. The van der Waals surface area contributed by atoms with E-state index in [1.807, 2.05) is 17.2 Å². The van der Waals surface area contributed by atoms with Crippen molar-refractivity contribution >= 4 is 5.91 Å². The zero-order valence-electron chi connectivity index (χ0n) is 16.6. The van der Waals surface area contributed by atoms with E-state index in [1.165, 1.54) is 6.42 Å². The fourth-order valence-corrected chi connectivity index (χ4v) is 4.12. The van der Waals surface area contributed by atoms with Crippen LogP contribution in [0.15, 0.2) is 24.4 Å². The topological polar surface area (TPSA) is 67.8 Å². The lowest BCUT2D eigenvalue weighted by Crippen LogP contribution is -2.37. The van der Waals surface area contributed by atoms with Crippen LogP contribution < -0.4 is 9.47 Å². The summed E-state index contributed by atoms with van der Waals surface area (Å²) in [6, 6.07) is 5.68. The van der Waals surface area contributed by atoms with Gasteiger partial charge in [-0.25, -0.2) is 9.97 Å². The van der Waals surface area contributed by atoms with Crippen molar-refractivity contribution in [2.24, 2.45) is 0 Å². The Morgan fingerprint density at radius 1 is 1.18 bits per heavy atom. The van der Waals surface area contributed by atoms with Crippen LogP contribution in [0.2, 0.25) is 0 Å². The molecular formula is C21H26N4O3. The number of likely N-dealkylation sites (tertiary alicyclic amines) is 1. The highest BCUT2D eigenvalue weighted by Gasteiger charge is 2.30. The molecule has 1 unspecified atom stereocenters. The number of ether oxygens (including phenoxy) is 2. The van der Waals surface area contributed by atoms with Crippen molar-refractivity contribution < 1.29 is 14.3 Å². The monoisotopic (exact) mass is 382 g/mol. The molecule has 1 saturated heterocycles. The van der Waals surface area contributed by atoms with Crippen LogP contribution in [-0.4, -0.2) is 60.0 Å². The van der Waals surface area contributed by atoms with E-state index in [2.05, 4.69) is 16.9 Å². The molecule has 0 saturated carbocycles.